The number of nitrogens with two attached hydrogens (primary N) is 1. The fraction of sp³-hybridized carbons (Fsp3) is 0.0769. The van der Waals surface area contributed by atoms with Gasteiger partial charge in [-0.15, -0.1) is 0 Å². The van der Waals surface area contributed by atoms with Crippen LogP contribution in [0.1, 0.15) is 0 Å². The Balaban J connectivity index is 2.54. The fourth-order valence-electron chi connectivity index (χ4n) is 1.85. The Labute approximate surface area is 154 Å². The van der Waals surface area contributed by atoms with Crippen molar-refractivity contribution in [2.75, 3.05) is 17.6 Å². The van der Waals surface area contributed by atoms with Crippen molar-refractivity contribution in [3.8, 4) is 5.75 Å². The van der Waals surface area contributed by atoms with Gasteiger partial charge in [-0.05, 0) is 30.3 Å². The number of nitrogens with one attached hydrogen (secondary N) is 1. The molecule has 0 spiro atoms. The number of hydrogen-bond acceptors (Lipinski definition) is 6. The molecule has 0 bridgehead atoms. The maximum Gasteiger partial charge on any atom is 0.294 e. The van der Waals surface area contributed by atoms with Gasteiger partial charge in [0.25, 0.3) is 20.1 Å². The Morgan fingerprint density at radius 3 is 2.08 bits per heavy atom. The van der Waals surface area contributed by atoms with Gasteiger partial charge in [0.15, 0.2) is 0 Å². The summed E-state index contributed by atoms with van der Waals surface area (Å²) in [5, 5.41) is -0.127. The quantitative estimate of drug-likeness (QED) is 0.493. The average Bonchev–Trinajstić information content (AvgIpc) is 2.50. The standard InChI is InChI=1S/C13H12Cl2N2O6S2/c1-23-12-3-2-7(25(20,21)22)6-11(12)17-24(18,19)8-4-9(14)13(16)10(15)5-8/h2-6,17H,16H2,1H3,(H,20,21,22). The number of ether oxygens (including phenoxy) is 1. The minimum absolute atomic E-state index is 0.0215. The lowest BCUT2D eigenvalue weighted by molar-refractivity contribution is 0.416. The molecule has 0 atom stereocenters. The zero-order chi connectivity index (χ0) is 19.0. The van der Waals surface area contributed by atoms with Crippen molar-refractivity contribution in [3.63, 3.8) is 0 Å². The van der Waals surface area contributed by atoms with E-state index >= 15 is 0 Å². The van der Waals surface area contributed by atoms with Crippen molar-refractivity contribution in [1.82, 2.24) is 0 Å². The van der Waals surface area contributed by atoms with Gasteiger partial charge in [0.1, 0.15) is 5.75 Å². The Hall–Kier alpha value is -1.72. The largest absolute Gasteiger partial charge is 0.495 e. The van der Waals surface area contributed by atoms with Crippen LogP contribution in [0.4, 0.5) is 11.4 Å². The van der Waals surface area contributed by atoms with Crippen molar-refractivity contribution < 1.29 is 26.1 Å². The first-order valence-corrected chi connectivity index (χ1v) is 10.1. The Kier molecular flexibility index (Phi) is 5.40. The zero-order valence-corrected chi connectivity index (χ0v) is 15.7. The zero-order valence-electron chi connectivity index (χ0n) is 12.5. The van der Waals surface area contributed by atoms with Gasteiger partial charge in [0.2, 0.25) is 0 Å². The predicted octanol–water partition coefficient (Wildman–Crippen LogP) is 2.63. The second kappa shape index (κ2) is 6.89. The smallest absolute Gasteiger partial charge is 0.294 e. The molecule has 0 aliphatic rings. The normalized spacial score (nSPS) is 12.0. The summed E-state index contributed by atoms with van der Waals surface area (Å²) in [7, 11) is -7.48. The molecule has 0 fully saturated rings. The van der Waals surface area contributed by atoms with Crippen LogP contribution in [0.2, 0.25) is 10.0 Å². The number of rotatable bonds is 5. The highest BCUT2D eigenvalue weighted by atomic mass is 35.5. The lowest BCUT2D eigenvalue weighted by Gasteiger charge is -2.13. The molecule has 8 nitrogen and oxygen atoms in total. The van der Waals surface area contributed by atoms with Crippen molar-refractivity contribution in [3.05, 3.63) is 40.4 Å². The van der Waals surface area contributed by atoms with E-state index in [2.05, 4.69) is 4.72 Å². The maximum absolute atomic E-state index is 12.5. The fourth-order valence-corrected chi connectivity index (χ4v) is 4.08. The van der Waals surface area contributed by atoms with Gasteiger partial charge in [-0.25, -0.2) is 8.42 Å². The highest BCUT2D eigenvalue weighted by molar-refractivity contribution is 7.92. The van der Waals surface area contributed by atoms with Crippen LogP contribution in [0.25, 0.3) is 0 Å². The topological polar surface area (TPSA) is 136 Å². The number of benzene rings is 2. The third-order valence-electron chi connectivity index (χ3n) is 3.08. The van der Waals surface area contributed by atoms with Crippen LogP contribution in [-0.4, -0.2) is 28.5 Å². The molecule has 2 aromatic carbocycles. The number of sulfonamides is 1. The summed E-state index contributed by atoms with van der Waals surface area (Å²) in [6.45, 7) is 0. The number of nitrogen functional groups attached to an aromatic ring is 1. The third-order valence-corrected chi connectivity index (χ3v) is 5.90. The van der Waals surface area contributed by atoms with Crippen LogP contribution >= 0.6 is 23.2 Å². The van der Waals surface area contributed by atoms with E-state index < -0.39 is 25.0 Å². The molecule has 0 radical (unpaired) electrons. The van der Waals surface area contributed by atoms with E-state index in [1.54, 1.807) is 0 Å². The minimum atomic E-state index is -4.54. The Bertz CT molecular complexity index is 1020. The predicted molar refractivity (Wildman–Crippen MR) is 94.5 cm³/mol. The van der Waals surface area contributed by atoms with Gasteiger partial charge < -0.3 is 10.5 Å². The number of methoxy groups -OCH3 is 1. The summed E-state index contributed by atoms with van der Waals surface area (Å²) in [5.74, 6) is 0.0311. The first-order chi connectivity index (χ1) is 11.5. The summed E-state index contributed by atoms with van der Waals surface area (Å²) < 4.78 is 63.7. The molecule has 0 aliphatic heterocycles. The molecular formula is C13H12Cl2N2O6S2. The van der Waals surface area contributed by atoms with E-state index in [4.69, 9.17) is 38.2 Å². The Morgan fingerprint density at radius 1 is 1.04 bits per heavy atom. The molecule has 0 amide bonds. The molecule has 4 N–H and O–H groups in total. The number of halogens is 2. The van der Waals surface area contributed by atoms with Crippen LogP contribution in [0.15, 0.2) is 40.1 Å². The van der Waals surface area contributed by atoms with E-state index in [-0.39, 0.29) is 32.1 Å². The number of anilines is 2. The second-order valence-electron chi connectivity index (χ2n) is 4.74. The van der Waals surface area contributed by atoms with Gasteiger partial charge >= 0.3 is 0 Å². The van der Waals surface area contributed by atoms with Gasteiger partial charge in [-0.3, -0.25) is 9.27 Å². The second-order valence-corrected chi connectivity index (χ2v) is 8.66. The van der Waals surface area contributed by atoms with Crippen molar-refractivity contribution in [2.24, 2.45) is 0 Å². The SMILES string of the molecule is COc1ccc(S(=O)(=O)O)cc1NS(=O)(=O)c1cc(Cl)c(N)c(Cl)c1. The van der Waals surface area contributed by atoms with Gasteiger partial charge in [-0.2, -0.15) is 8.42 Å². The van der Waals surface area contributed by atoms with Gasteiger partial charge in [0, 0.05) is 0 Å². The van der Waals surface area contributed by atoms with E-state index in [0.29, 0.717) is 0 Å². The van der Waals surface area contributed by atoms with Crippen molar-refractivity contribution >= 4 is 54.7 Å². The molecule has 25 heavy (non-hydrogen) atoms. The molecule has 2 aromatic rings. The summed E-state index contributed by atoms with van der Waals surface area (Å²) >= 11 is 11.7. The van der Waals surface area contributed by atoms with E-state index in [0.717, 1.165) is 24.3 Å². The molecule has 0 aromatic heterocycles. The lowest BCUT2D eigenvalue weighted by atomic mass is 10.3. The summed E-state index contributed by atoms with van der Waals surface area (Å²) in [5.41, 5.74) is 5.38. The first-order valence-electron chi connectivity index (χ1n) is 6.38. The van der Waals surface area contributed by atoms with Crippen LogP contribution in [0.3, 0.4) is 0 Å². The van der Waals surface area contributed by atoms with Crippen LogP contribution in [0.5, 0.6) is 5.75 Å². The molecule has 0 heterocycles. The third kappa shape index (κ3) is 4.28. The van der Waals surface area contributed by atoms with Crippen molar-refractivity contribution in [2.45, 2.75) is 9.79 Å². The van der Waals surface area contributed by atoms with E-state index in [1.165, 1.54) is 13.2 Å². The molecule has 0 aliphatic carbocycles. The van der Waals surface area contributed by atoms with Gasteiger partial charge in [0.05, 0.1) is 38.3 Å². The van der Waals surface area contributed by atoms with Crippen molar-refractivity contribution in [1.29, 1.82) is 0 Å². The maximum atomic E-state index is 12.5. The monoisotopic (exact) mass is 426 g/mol. The highest BCUT2D eigenvalue weighted by Gasteiger charge is 2.21. The molecule has 12 heteroatoms. The lowest BCUT2D eigenvalue weighted by Crippen LogP contribution is -2.14. The first kappa shape index (κ1) is 19.6. The molecule has 0 unspecified atom stereocenters. The van der Waals surface area contributed by atoms with Crippen LogP contribution in [0, 0.1) is 0 Å². The summed E-state index contributed by atoms with van der Waals surface area (Å²) in [6, 6.07) is 5.33. The molecular weight excluding hydrogens is 415 g/mol. The summed E-state index contributed by atoms with van der Waals surface area (Å²) in [6.07, 6.45) is 0. The highest BCUT2D eigenvalue weighted by Crippen LogP contribution is 2.33. The minimum Gasteiger partial charge on any atom is -0.495 e. The van der Waals surface area contributed by atoms with E-state index in [1.807, 2.05) is 0 Å². The van der Waals surface area contributed by atoms with E-state index in [9.17, 15) is 16.8 Å². The van der Waals surface area contributed by atoms with Crippen LogP contribution in [-0.2, 0) is 20.1 Å². The Morgan fingerprint density at radius 2 is 1.60 bits per heavy atom. The number of hydrogen-bond donors (Lipinski definition) is 3. The van der Waals surface area contributed by atoms with Crippen LogP contribution < -0.4 is 15.2 Å². The average molecular weight is 427 g/mol. The summed E-state index contributed by atoms with van der Waals surface area (Å²) in [4.78, 5) is -0.810. The molecule has 2 rings (SSSR count). The molecule has 0 saturated heterocycles. The van der Waals surface area contributed by atoms with Gasteiger partial charge in [-0.1, -0.05) is 23.2 Å². The molecule has 0 saturated carbocycles. The molecule has 136 valence electrons.